The number of carbonyl (C=O) groups is 1. The molecule has 1 N–H and O–H groups in total. The van der Waals surface area contributed by atoms with E-state index in [-0.39, 0.29) is 11.3 Å². The van der Waals surface area contributed by atoms with E-state index in [2.05, 4.69) is 5.32 Å². The van der Waals surface area contributed by atoms with Crippen molar-refractivity contribution in [1.29, 1.82) is 15.8 Å². The number of nitrogens with one attached hydrogen (secondary N) is 1. The minimum Gasteiger partial charge on any atom is -0.447 e. The Labute approximate surface area is 120 Å². The topological polar surface area (TPSA) is 113 Å². The molecule has 1 heterocycles. The van der Waals surface area contributed by atoms with Crippen molar-refractivity contribution in [3.8, 4) is 18.2 Å². The van der Waals surface area contributed by atoms with E-state index in [9.17, 15) is 4.79 Å². The number of hydrogen-bond donors (Lipinski definition) is 1. The van der Waals surface area contributed by atoms with Gasteiger partial charge in [-0.3, -0.25) is 4.90 Å². The lowest BCUT2D eigenvalue weighted by Gasteiger charge is -2.14. The molecular formula is C14H9N5O2. The molecule has 0 radical (unpaired) electrons. The summed E-state index contributed by atoms with van der Waals surface area (Å²) in [5, 5.41) is 29.2. The summed E-state index contributed by atoms with van der Waals surface area (Å²) in [6.07, 6.45) is -0.432. The largest absolute Gasteiger partial charge is 0.447 e. The fourth-order valence-electron chi connectivity index (χ4n) is 1.81. The third-order valence-corrected chi connectivity index (χ3v) is 2.77. The third kappa shape index (κ3) is 2.91. The van der Waals surface area contributed by atoms with Crippen LogP contribution in [0.4, 0.5) is 16.2 Å². The highest BCUT2D eigenvalue weighted by Gasteiger charge is 2.23. The van der Waals surface area contributed by atoms with Crippen molar-refractivity contribution in [2.24, 2.45) is 0 Å². The standard InChI is InChI=1S/C14H9N5O2/c15-7-10(8-16)13(9-17)18-11-2-1-3-12(6-11)19-4-5-21-14(19)20/h1-3,6,18H,4-5H2. The predicted molar refractivity (Wildman–Crippen MR) is 72.6 cm³/mol. The van der Waals surface area contributed by atoms with Crippen molar-refractivity contribution in [1.82, 2.24) is 0 Å². The molecule has 0 unspecified atom stereocenters. The van der Waals surface area contributed by atoms with Gasteiger partial charge in [-0.25, -0.2) is 4.79 Å². The van der Waals surface area contributed by atoms with Gasteiger partial charge in [-0.2, -0.15) is 15.8 Å². The lowest BCUT2D eigenvalue weighted by molar-refractivity contribution is 0.181. The number of hydrogen-bond acceptors (Lipinski definition) is 6. The SMILES string of the molecule is N#CC(C#N)=C(C#N)Nc1cccc(N2CCOC2=O)c1. The van der Waals surface area contributed by atoms with Crippen LogP contribution in [0.1, 0.15) is 0 Å². The normalized spacial score (nSPS) is 12.6. The highest BCUT2D eigenvalue weighted by molar-refractivity contribution is 5.90. The first kappa shape index (κ1) is 13.9. The average molecular weight is 279 g/mol. The van der Waals surface area contributed by atoms with Crippen LogP contribution in [0.15, 0.2) is 35.5 Å². The van der Waals surface area contributed by atoms with Crippen molar-refractivity contribution >= 4 is 17.5 Å². The summed E-state index contributed by atoms with van der Waals surface area (Å²) in [7, 11) is 0. The number of anilines is 2. The van der Waals surface area contributed by atoms with Gasteiger partial charge in [0.25, 0.3) is 0 Å². The molecule has 1 aromatic rings. The van der Waals surface area contributed by atoms with Gasteiger partial charge in [0.2, 0.25) is 0 Å². The molecule has 102 valence electrons. The quantitative estimate of drug-likeness (QED) is 0.845. The van der Waals surface area contributed by atoms with Gasteiger partial charge in [0, 0.05) is 11.4 Å². The molecule has 0 saturated carbocycles. The van der Waals surface area contributed by atoms with E-state index in [0.717, 1.165) is 0 Å². The maximum atomic E-state index is 11.5. The number of rotatable bonds is 3. The molecule has 1 fully saturated rings. The van der Waals surface area contributed by atoms with E-state index < -0.39 is 6.09 Å². The van der Waals surface area contributed by atoms with Crippen LogP contribution in [0.2, 0.25) is 0 Å². The molecule has 0 atom stereocenters. The van der Waals surface area contributed by atoms with E-state index in [1.807, 2.05) is 0 Å². The Bertz CT molecular complexity index is 717. The first-order valence-corrected chi connectivity index (χ1v) is 5.95. The smallest absolute Gasteiger partial charge is 0.414 e. The summed E-state index contributed by atoms with van der Waals surface area (Å²) in [5.74, 6) is 0. The zero-order chi connectivity index (χ0) is 15.2. The van der Waals surface area contributed by atoms with Gasteiger partial charge in [0.15, 0.2) is 5.57 Å². The monoisotopic (exact) mass is 279 g/mol. The lowest BCUT2D eigenvalue weighted by Crippen LogP contribution is -2.23. The van der Waals surface area contributed by atoms with Crippen LogP contribution < -0.4 is 10.2 Å². The van der Waals surface area contributed by atoms with Gasteiger partial charge in [0.1, 0.15) is 30.5 Å². The van der Waals surface area contributed by atoms with Crippen LogP contribution in [0.25, 0.3) is 0 Å². The molecule has 0 spiro atoms. The second-order valence-corrected chi connectivity index (χ2v) is 4.03. The third-order valence-electron chi connectivity index (χ3n) is 2.77. The number of nitrogens with zero attached hydrogens (tertiary/aromatic N) is 4. The fourth-order valence-corrected chi connectivity index (χ4v) is 1.81. The zero-order valence-corrected chi connectivity index (χ0v) is 10.8. The van der Waals surface area contributed by atoms with Crippen molar-refractivity contribution < 1.29 is 9.53 Å². The molecule has 0 aliphatic carbocycles. The van der Waals surface area contributed by atoms with E-state index in [1.165, 1.54) is 4.90 Å². The Morgan fingerprint density at radius 3 is 2.57 bits per heavy atom. The lowest BCUT2D eigenvalue weighted by atomic mass is 10.2. The van der Waals surface area contributed by atoms with Gasteiger partial charge in [-0.1, -0.05) is 6.07 Å². The highest BCUT2D eigenvalue weighted by Crippen LogP contribution is 2.23. The summed E-state index contributed by atoms with van der Waals surface area (Å²) in [4.78, 5) is 13.0. The van der Waals surface area contributed by atoms with Gasteiger partial charge in [-0.15, -0.1) is 0 Å². The first-order valence-electron chi connectivity index (χ1n) is 5.95. The molecule has 1 aliphatic rings. The summed E-state index contributed by atoms with van der Waals surface area (Å²) in [6.45, 7) is 0.776. The summed E-state index contributed by atoms with van der Waals surface area (Å²) in [5.41, 5.74) is 0.659. The van der Waals surface area contributed by atoms with Crippen LogP contribution in [0.5, 0.6) is 0 Å². The van der Waals surface area contributed by atoms with Crippen molar-refractivity contribution in [2.75, 3.05) is 23.4 Å². The van der Waals surface area contributed by atoms with Crippen molar-refractivity contribution in [3.05, 3.63) is 35.5 Å². The zero-order valence-electron chi connectivity index (χ0n) is 10.8. The van der Waals surface area contributed by atoms with Gasteiger partial charge >= 0.3 is 6.09 Å². The van der Waals surface area contributed by atoms with Crippen molar-refractivity contribution in [2.45, 2.75) is 0 Å². The Morgan fingerprint density at radius 1 is 1.24 bits per heavy atom. The number of allylic oxidation sites excluding steroid dienone is 2. The molecule has 2 rings (SSSR count). The summed E-state index contributed by atoms with van der Waals surface area (Å²) >= 11 is 0. The minimum atomic E-state index is -0.432. The molecule has 0 aromatic heterocycles. The molecule has 1 saturated heterocycles. The van der Waals surface area contributed by atoms with Gasteiger partial charge in [0.05, 0.1) is 6.54 Å². The molecule has 21 heavy (non-hydrogen) atoms. The molecule has 1 amide bonds. The number of benzene rings is 1. The van der Waals surface area contributed by atoms with Crippen LogP contribution >= 0.6 is 0 Å². The minimum absolute atomic E-state index is 0.138. The maximum Gasteiger partial charge on any atom is 0.414 e. The van der Waals surface area contributed by atoms with Crippen molar-refractivity contribution in [3.63, 3.8) is 0 Å². The average Bonchev–Trinajstić information content (AvgIpc) is 2.94. The van der Waals surface area contributed by atoms with Crippen LogP contribution in [-0.2, 0) is 4.74 Å². The number of ether oxygens (including phenoxy) is 1. The van der Waals surface area contributed by atoms with Gasteiger partial charge < -0.3 is 10.1 Å². The summed E-state index contributed by atoms with van der Waals surface area (Å²) in [6, 6.07) is 11.8. The Balaban J connectivity index is 2.29. The predicted octanol–water partition coefficient (Wildman–Crippen LogP) is 1.88. The van der Waals surface area contributed by atoms with E-state index in [1.54, 1.807) is 42.5 Å². The molecule has 0 bridgehead atoms. The van der Waals surface area contributed by atoms with E-state index in [4.69, 9.17) is 20.5 Å². The first-order chi connectivity index (χ1) is 10.2. The Hall–Kier alpha value is -3.50. The van der Waals surface area contributed by atoms with Crippen LogP contribution in [0.3, 0.4) is 0 Å². The highest BCUT2D eigenvalue weighted by atomic mass is 16.6. The van der Waals surface area contributed by atoms with E-state index >= 15 is 0 Å². The Kier molecular flexibility index (Phi) is 4.04. The number of nitriles is 3. The van der Waals surface area contributed by atoms with Gasteiger partial charge in [-0.05, 0) is 18.2 Å². The molecule has 1 aliphatic heterocycles. The second kappa shape index (κ2) is 6.10. The number of carbonyl (C=O) groups excluding carboxylic acids is 1. The fraction of sp³-hybridized carbons (Fsp3) is 0.143. The van der Waals surface area contributed by atoms with E-state index in [0.29, 0.717) is 24.5 Å². The Morgan fingerprint density at radius 2 is 2.00 bits per heavy atom. The second-order valence-electron chi connectivity index (χ2n) is 4.03. The maximum absolute atomic E-state index is 11.5. The summed E-state index contributed by atoms with van der Waals surface area (Å²) < 4.78 is 4.85. The van der Waals surface area contributed by atoms with Crippen LogP contribution in [-0.4, -0.2) is 19.2 Å². The molecule has 7 heteroatoms. The van der Waals surface area contributed by atoms with Crippen LogP contribution in [0, 0.1) is 34.0 Å². The molecule has 7 nitrogen and oxygen atoms in total. The molecule has 1 aromatic carbocycles. The number of amides is 1. The number of cyclic esters (lactones) is 1. The molecular weight excluding hydrogens is 270 g/mol.